The third kappa shape index (κ3) is 4.83. The van der Waals surface area contributed by atoms with Crippen LogP contribution in [0.1, 0.15) is 12.6 Å². The predicted octanol–water partition coefficient (Wildman–Crippen LogP) is 3.72. The fourth-order valence-electron chi connectivity index (χ4n) is 3.45. The van der Waals surface area contributed by atoms with Crippen LogP contribution in [0.3, 0.4) is 0 Å². The minimum Gasteiger partial charge on any atom is -0.353 e. The molecule has 0 atom stereocenters. The van der Waals surface area contributed by atoms with E-state index < -0.39 is 5.82 Å². The summed E-state index contributed by atoms with van der Waals surface area (Å²) < 4.78 is 14.2. The van der Waals surface area contributed by atoms with Crippen LogP contribution in [0.15, 0.2) is 60.1 Å². The number of hydrogen-bond acceptors (Lipinski definition) is 6. The molecule has 3 heterocycles. The van der Waals surface area contributed by atoms with Crippen LogP contribution in [0.4, 0.5) is 21.0 Å². The zero-order valence-corrected chi connectivity index (χ0v) is 18.3. The predicted molar refractivity (Wildman–Crippen MR) is 123 cm³/mol. The van der Waals surface area contributed by atoms with E-state index in [9.17, 15) is 14.0 Å². The highest BCUT2D eigenvalue weighted by Crippen LogP contribution is 2.31. The van der Waals surface area contributed by atoms with Crippen molar-refractivity contribution in [1.82, 2.24) is 14.9 Å². The molecule has 1 aliphatic heterocycles. The third-order valence-electron chi connectivity index (χ3n) is 5.07. The number of amides is 2. The molecule has 3 aromatic rings. The SMILES string of the molecule is CC(=O)N(c1nc(/C=C/C(=O)N2CCN(c3ccccn3)CC2)cs1)c1ccccc1F. The standard InChI is InChI=1S/C23H22FN5O2S/c1-17(30)29(20-7-3-2-6-19(20)24)23-26-18(16-32-23)9-10-22(31)28-14-12-27(13-15-28)21-8-4-5-11-25-21/h2-11,16H,12-15H2,1H3/b10-9+. The molecule has 0 aliphatic carbocycles. The number of nitrogens with zero attached hydrogens (tertiary/aromatic N) is 5. The Labute approximate surface area is 189 Å². The van der Waals surface area contributed by atoms with Crippen molar-refractivity contribution in [3.8, 4) is 0 Å². The fourth-order valence-corrected chi connectivity index (χ4v) is 4.30. The Hall–Kier alpha value is -3.59. The summed E-state index contributed by atoms with van der Waals surface area (Å²) in [7, 11) is 0. The van der Waals surface area contributed by atoms with Gasteiger partial charge in [-0.05, 0) is 30.3 Å². The number of halogens is 1. The zero-order valence-electron chi connectivity index (χ0n) is 17.5. The first-order valence-electron chi connectivity index (χ1n) is 10.2. The van der Waals surface area contributed by atoms with Gasteiger partial charge in [0.15, 0.2) is 5.13 Å². The van der Waals surface area contributed by atoms with Crippen molar-refractivity contribution in [3.05, 3.63) is 71.6 Å². The van der Waals surface area contributed by atoms with Crippen LogP contribution in [0.2, 0.25) is 0 Å². The summed E-state index contributed by atoms with van der Waals surface area (Å²) in [6.07, 6.45) is 4.86. The summed E-state index contributed by atoms with van der Waals surface area (Å²) in [5.74, 6) is -0.0374. The molecule has 2 aromatic heterocycles. The molecule has 4 rings (SSSR count). The topological polar surface area (TPSA) is 69.6 Å². The number of carbonyl (C=O) groups excluding carboxylic acids is 2. The molecule has 0 spiro atoms. The zero-order chi connectivity index (χ0) is 22.5. The van der Waals surface area contributed by atoms with Crippen LogP contribution >= 0.6 is 11.3 Å². The number of carbonyl (C=O) groups is 2. The molecule has 1 saturated heterocycles. The Morgan fingerprint density at radius 2 is 1.84 bits per heavy atom. The first-order chi connectivity index (χ1) is 15.5. The van der Waals surface area contributed by atoms with Gasteiger partial charge in [0.25, 0.3) is 0 Å². The molecule has 1 aromatic carbocycles. The number of aromatic nitrogens is 2. The smallest absolute Gasteiger partial charge is 0.246 e. The Morgan fingerprint density at radius 3 is 2.53 bits per heavy atom. The number of pyridine rings is 1. The van der Waals surface area contributed by atoms with Crippen molar-refractivity contribution >= 4 is 45.9 Å². The molecule has 1 fully saturated rings. The molecule has 9 heteroatoms. The second kappa shape index (κ2) is 9.69. The van der Waals surface area contributed by atoms with Gasteiger partial charge < -0.3 is 9.80 Å². The molecule has 0 saturated carbocycles. The van der Waals surface area contributed by atoms with Crippen molar-refractivity contribution in [2.24, 2.45) is 0 Å². The molecule has 0 bridgehead atoms. The Balaban J connectivity index is 1.40. The molecular formula is C23H22FN5O2S. The maximum absolute atomic E-state index is 14.2. The van der Waals surface area contributed by atoms with Crippen LogP contribution in [0.5, 0.6) is 0 Å². The molecule has 0 radical (unpaired) electrons. The highest BCUT2D eigenvalue weighted by molar-refractivity contribution is 7.14. The number of hydrogen-bond donors (Lipinski definition) is 0. The molecule has 1 aliphatic rings. The highest BCUT2D eigenvalue weighted by atomic mass is 32.1. The number of piperazine rings is 1. The van der Waals surface area contributed by atoms with Crippen molar-refractivity contribution in [3.63, 3.8) is 0 Å². The van der Waals surface area contributed by atoms with Crippen molar-refractivity contribution in [2.45, 2.75) is 6.92 Å². The van der Waals surface area contributed by atoms with Gasteiger partial charge in [0.1, 0.15) is 11.6 Å². The van der Waals surface area contributed by atoms with E-state index in [1.807, 2.05) is 18.2 Å². The Kier molecular flexibility index (Phi) is 6.55. The fraction of sp³-hybridized carbons (Fsp3) is 0.217. The second-order valence-electron chi connectivity index (χ2n) is 7.19. The lowest BCUT2D eigenvalue weighted by atomic mass is 10.3. The normalized spacial score (nSPS) is 14.1. The van der Waals surface area contributed by atoms with Gasteiger partial charge in [0.05, 0.1) is 11.4 Å². The molecular weight excluding hydrogens is 429 g/mol. The van der Waals surface area contributed by atoms with Crippen molar-refractivity contribution in [2.75, 3.05) is 36.0 Å². The number of para-hydroxylation sites is 1. The first-order valence-corrected chi connectivity index (χ1v) is 11.0. The van der Waals surface area contributed by atoms with E-state index >= 15 is 0 Å². The summed E-state index contributed by atoms with van der Waals surface area (Å²) >= 11 is 1.21. The van der Waals surface area contributed by atoms with Crippen LogP contribution in [0, 0.1) is 5.82 Å². The van der Waals surface area contributed by atoms with Gasteiger partial charge in [0, 0.05) is 50.8 Å². The molecule has 2 amide bonds. The van der Waals surface area contributed by atoms with E-state index in [4.69, 9.17) is 0 Å². The van der Waals surface area contributed by atoms with Crippen molar-refractivity contribution in [1.29, 1.82) is 0 Å². The lowest BCUT2D eigenvalue weighted by Crippen LogP contribution is -2.48. The van der Waals surface area contributed by atoms with Gasteiger partial charge in [-0.2, -0.15) is 0 Å². The van der Waals surface area contributed by atoms with Gasteiger partial charge in [-0.25, -0.2) is 14.4 Å². The van der Waals surface area contributed by atoms with E-state index in [2.05, 4.69) is 14.9 Å². The second-order valence-corrected chi connectivity index (χ2v) is 8.03. The largest absolute Gasteiger partial charge is 0.353 e. The lowest BCUT2D eigenvalue weighted by Gasteiger charge is -2.34. The average molecular weight is 452 g/mol. The molecule has 0 N–H and O–H groups in total. The van der Waals surface area contributed by atoms with Crippen LogP contribution in [0.25, 0.3) is 6.08 Å². The quantitative estimate of drug-likeness (QED) is 0.553. The Bertz CT molecular complexity index is 1130. The number of thiazole rings is 1. The van der Waals surface area contributed by atoms with Crippen LogP contribution < -0.4 is 9.80 Å². The summed E-state index contributed by atoms with van der Waals surface area (Å²) in [5, 5.41) is 2.08. The average Bonchev–Trinajstić information content (AvgIpc) is 3.28. The van der Waals surface area contributed by atoms with E-state index in [0.717, 1.165) is 5.82 Å². The monoisotopic (exact) mass is 451 g/mol. The van der Waals surface area contributed by atoms with Gasteiger partial charge in [-0.1, -0.05) is 18.2 Å². The molecule has 32 heavy (non-hydrogen) atoms. The number of anilines is 3. The van der Waals surface area contributed by atoms with Crippen LogP contribution in [-0.4, -0.2) is 52.9 Å². The Morgan fingerprint density at radius 1 is 1.09 bits per heavy atom. The lowest BCUT2D eigenvalue weighted by molar-refractivity contribution is -0.126. The van der Waals surface area contributed by atoms with Gasteiger partial charge in [-0.3, -0.25) is 14.5 Å². The van der Waals surface area contributed by atoms with Gasteiger partial charge in [-0.15, -0.1) is 11.3 Å². The third-order valence-corrected chi connectivity index (χ3v) is 5.91. The van der Waals surface area contributed by atoms with E-state index in [1.54, 1.807) is 34.7 Å². The number of benzene rings is 1. The van der Waals surface area contributed by atoms with E-state index in [1.165, 1.54) is 41.4 Å². The summed E-state index contributed by atoms with van der Waals surface area (Å²) in [5.41, 5.74) is 0.680. The number of rotatable bonds is 5. The highest BCUT2D eigenvalue weighted by Gasteiger charge is 2.22. The molecule has 164 valence electrons. The van der Waals surface area contributed by atoms with E-state index in [0.29, 0.717) is 37.0 Å². The van der Waals surface area contributed by atoms with Gasteiger partial charge in [0.2, 0.25) is 11.8 Å². The summed E-state index contributed by atoms with van der Waals surface area (Å²) in [4.78, 5) is 38.7. The molecule has 0 unspecified atom stereocenters. The van der Waals surface area contributed by atoms with Gasteiger partial charge >= 0.3 is 0 Å². The minimum atomic E-state index is -0.505. The maximum Gasteiger partial charge on any atom is 0.246 e. The summed E-state index contributed by atoms with van der Waals surface area (Å²) in [6.45, 7) is 4.00. The van der Waals surface area contributed by atoms with Crippen LogP contribution in [-0.2, 0) is 9.59 Å². The minimum absolute atomic E-state index is 0.0993. The summed E-state index contributed by atoms with van der Waals surface area (Å²) in [6, 6.07) is 11.8. The van der Waals surface area contributed by atoms with Crippen molar-refractivity contribution < 1.29 is 14.0 Å². The maximum atomic E-state index is 14.2. The molecule has 7 nitrogen and oxygen atoms in total. The first kappa shape index (κ1) is 21.6. The van der Waals surface area contributed by atoms with E-state index in [-0.39, 0.29) is 17.5 Å².